The van der Waals surface area contributed by atoms with E-state index >= 15 is 0 Å². The van der Waals surface area contributed by atoms with E-state index in [-0.39, 0.29) is 36.0 Å². The first-order chi connectivity index (χ1) is 14.7. The number of nitrogens with one attached hydrogen (secondary N) is 2. The lowest BCUT2D eigenvalue weighted by atomic mass is 10.2. The molecule has 4 rings (SSSR count). The molecular formula is C19H13Cl2N3O4S3. The molecule has 0 saturated heterocycles. The predicted octanol–water partition coefficient (Wildman–Crippen LogP) is 5.20. The van der Waals surface area contributed by atoms with Crippen molar-refractivity contribution >= 4 is 76.9 Å². The van der Waals surface area contributed by atoms with Crippen molar-refractivity contribution in [1.29, 1.82) is 0 Å². The van der Waals surface area contributed by atoms with E-state index in [1.54, 1.807) is 35.7 Å². The van der Waals surface area contributed by atoms with Crippen LogP contribution < -0.4 is 9.44 Å². The van der Waals surface area contributed by atoms with E-state index in [0.717, 1.165) is 11.3 Å². The maximum Gasteiger partial charge on any atom is 0.271 e. The van der Waals surface area contributed by atoms with Crippen LogP contribution in [0, 0.1) is 0 Å². The first-order valence-corrected chi connectivity index (χ1v) is 13.2. The summed E-state index contributed by atoms with van der Waals surface area (Å²) in [7, 11) is -8.11. The third kappa shape index (κ3) is 4.48. The Morgan fingerprint density at radius 3 is 2.10 bits per heavy atom. The van der Waals surface area contributed by atoms with Crippen LogP contribution in [0.3, 0.4) is 0 Å². The van der Waals surface area contributed by atoms with Crippen molar-refractivity contribution in [1.82, 2.24) is 4.98 Å². The van der Waals surface area contributed by atoms with Gasteiger partial charge in [0.15, 0.2) is 0 Å². The molecule has 2 aromatic heterocycles. The summed E-state index contributed by atoms with van der Waals surface area (Å²) in [5.41, 5.74) is 0.125. The summed E-state index contributed by atoms with van der Waals surface area (Å²) in [4.78, 5) is 4.09. The number of fused-ring (bicyclic) bond motifs is 1. The van der Waals surface area contributed by atoms with E-state index in [4.69, 9.17) is 23.2 Å². The Balaban J connectivity index is 1.78. The second-order valence-electron chi connectivity index (χ2n) is 6.29. The van der Waals surface area contributed by atoms with E-state index < -0.39 is 20.0 Å². The Morgan fingerprint density at radius 1 is 0.806 bits per heavy atom. The third-order valence-corrected chi connectivity index (χ3v) is 9.08. The first-order valence-electron chi connectivity index (χ1n) is 8.59. The van der Waals surface area contributed by atoms with Crippen LogP contribution in [-0.2, 0) is 20.0 Å². The van der Waals surface area contributed by atoms with Crippen molar-refractivity contribution in [2.24, 2.45) is 0 Å². The Bertz CT molecular complexity index is 1480. The minimum atomic E-state index is -4.15. The number of hydrogen-bond acceptors (Lipinski definition) is 6. The molecule has 2 heterocycles. The Morgan fingerprint density at radius 2 is 1.45 bits per heavy atom. The summed E-state index contributed by atoms with van der Waals surface area (Å²) in [6, 6.07) is 13.7. The van der Waals surface area contributed by atoms with Gasteiger partial charge in [0.2, 0.25) is 0 Å². The summed E-state index contributed by atoms with van der Waals surface area (Å²) in [5, 5.41) is 2.36. The number of benzene rings is 2. The predicted molar refractivity (Wildman–Crippen MR) is 124 cm³/mol. The highest BCUT2D eigenvalue weighted by molar-refractivity contribution is 7.94. The van der Waals surface area contributed by atoms with Crippen LogP contribution in [-0.4, -0.2) is 21.8 Å². The fourth-order valence-corrected chi connectivity index (χ4v) is 6.46. The summed E-state index contributed by atoms with van der Waals surface area (Å²) in [5.74, 6) is 0. The average molecular weight is 514 g/mol. The molecule has 0 aliphatic carbocycles. The van der Waals surface area contributed by atoms with Gasteiger partial charge in [-0.3, -0.25) is 14.4 Å². The Labute approximate surface area is 192 Å². The zero-order valence-corrected chi connectivity index (χ0v) is 19.4. The molecule has 0 unspecified atom stereocenters. The highest BCUT2D eigenvalue weighted by Crippen LogP contribution is 2.36. The number of aromatic nitrogens is 1. The van der Waals surface area contributed by atoms with Crippen LogP contribution in [0.25, 0.3) is 10.9 Å². The number of halogens is 2. The highest BCUT2D eigenvalue weighted by atomic mass is 35.5. The SMILES string of the molecule is O=S(=O)(Nc1cc(Cl)c(Cl)cc1NS(=O)(=O)c1cccc2cccnc12)c1cccs1. The van der Waals surface area contributed by atoms with Crippen LogP contribution >= 0.6 is 34.5 Å². The van der Waals surface area contributed by atoms with Gasteiger partial charge in [0, 0.05) is 11.6 Å². The smallest absolute Gasteiger partial charge is 0.271 e. The second kappa shape index (κ2) is 8.29. The topological polar surface area (TPSA) is 105 Å². The van der Waals surface area contributed by atoms with E-state index in [2.05, 4.69) is 14.4 Å². The van der Waals surface area contributed by atoms with Gasteiger partial charge in [0.05, 0.1) is 26.9 Å². The molecule has 0 aliphatic heterocycles. The zero-order valence-electron chi connectivity index (χ0n) is 15.4. The molecule has 0 atom stereocenters. The minimum absolute atomic E-state index is 0.0504. The van der Waals surface area contributed by atoms with Crippen molar-refractivity contribution in [2.75, 3.05) is 9.44 Å². The molecule has 2 N–H and O–H groups in total. The van der Waals surface area contributed by atoms with Crippen molar-refractivity contribution < 1.29 is 16.8 Å². The number of pyridine rings is 1. The van der Waals surface area contributed by atoms with Gasteiger partial charge in [-0.15, -0.1) is 11.3 Å². The highest BCUT2D eigenvalue weighted by Gasteiger charge is 2.23. The van der Waals surface area contributed by atoms with Gasteiger partial charge >= 0.3 is 0 Å². The molecule has 0 spiro atoms. The normalized spacial score (nSPS) is 12.1. The van der Waals surface area contributed by atoms with Crippen molar-refractivity contribution in [3.63, 3.8) is 0 Å². The largest absolute Gasteiger partial charge is 0.277 e. The molecule has 7 nitrogen and oxygen atoms in total. The van der Waals surface area contributed by atoms with Gasteiger partial charge < -0.3 is 0 Å². The molecule has 0 bridgehead atoms. The summed E-state index contributed by atoms with van der Waals surface area (Å²) < 4.78 is 56.5. The molecule has 31 heavy (non-hydrogen) atoms. The Hall–Kier alpha value is -2.37. The third-order valence-electron chi connectivity index (χ3n) is 4.19. The van der Waals surface area contributed by atoms with Crippen LogP contribution in [0.15, 0.2) is 75.3 Å². The lowest BCUT2D eigenvalue weighted by Crippen LogP contribution is -2.17. The average Bonchev–Trinajstić information content (AvgIpc) is 3.27. The van der Waals surface area contributed by atoms with Crippen molar-refractivity contribution in [3.8, 4) is 0 Å². The Kier molecular flexibility index (Phi) is 5.84. The van der Waals surface area contributed by atoms with Crippen LogP contribution in [0.5, 0.6) is 0 Å². The van der Waals surface area contributed by atoms with Gasteiger partial charge in [-0.1, -0.05) is 47.5 Å². The maximum absolute atomic E-state index is 13.2. The minimum Gasteiger partial charge on any atom is -0.277 e. The zero-order chi connectivity index (χ0) is 22.2. The van der Waals surface area contributed by atoms with Crippen LogP contribution in [0.2, 0.25) is 10.0 Å². The summed E-state index contributed by atoms with van der Waals surface area (Å²) in [6.45, 7) is 0. The monoisotopic (exact) mass is 513 g/mol. The standard InChI is InChI=1S/C19H13Cl2N3O4S3/c20-13-10-15(16(11-14(13)21)24-31(27,28)18-7-3-9-29-18)23-30(25,26)17-6-1-4-12-5-2-8-22-19(12)17/h1-11,23-24H. The molecule has 0 saturated carbocycles. The lowest BCUT2D eigenvalue weighted by Gasteiger charge is -2.16. The van der Waals surface area contributed by atoms with Gasteiger partial charge in [0.1, 0.15) is 9.10 Å². The second-order valence-corrected chi connectivity index (χ2v) is 11.6. The van der Waals surface area contributed by atoms with Crippen molar-refractivity contribution in [3.05, 3.63) is 76.2 Å². The molecule has 12 heteroatoms. The number of nitrogens with zero attached hydrogens (tertiary/aromatic N) is 1. The summed E-state index contributed by atoms with van der Waals surface area (Å²) in [6.07, 6.45) is 1.49. The van der Waals surface area contributed by atoms with Crippen LogP contribution in [0.1, 0.15) is 0 Å². The number of thiophene rings is 1. The van der Waals surface area contributed by atoms with Gasteiger partial charge in [-0.25, -0.2) is 16.8 Å². The fourth-order valence-electron chi connectivity index (χ4n) is 2.82. The quantitative estimate of drug-likeness (QED) is 0.368. The lowest BCUT2D eigenvalue weighted by molar-refractivity contribution is 0.600. The molecule has 4 aromatic rings. The molecular weight excluding hydrogens is 501 g/mol. The number of para-hydroxylation sites is 1. The van der Waals surface area contributed by atoms with E-state index in [1.807, 2.05) is 0 Å². The van der Waals surface area contributed by atoms with Crippen LogP contribution in [0.4, 0.5) is 11.4 Å². The molecule has 2 aromatic carbocycles. The van der Waals surface area contributed by atoms with E-state index in [9.17, 15) is 16.8 Å². The molecule has 160 valence electrons. The molecule has 0 fully saturated rings. The number of hydrogen-bond donors (Lipinski definition) is 2. The number of anilines is 2. The molecule has 0 radical (unpaired) electrons. The van der Waals surface area contributed by atoms with Gasteiger partial charge in [-0.05, 0) is 35.7 Å². The number of rotatable bonds is 6. The number of sulfonamides is 2. The maximum atomic E-state index is 13.2. The van der Waals surface area contributed by atoms with Crippen molar-refractivity contribution in [2.45, 2.75) is 9.10 Å². The van der Waals surface area contributed by atoms with Gasteiger partial charge in [-0.2, -0.15) is 0 Å². The molecule has 0 aliphatic rings. The van der Waals surface area contributed by atoms with E-state index in [0.29, 0.717) is 5.39 Å². The van der Waals surface area contributed by atoms with Gasteiger partial charge in [0.25, 0.3) is 20.0 Å². The summed E-state index contributed by atoms with van der Waals surface area (Å²) >= 11 is 13.1. The molecule has 0 amide bonds. The fraction of sp³-hybridized carbons (Fsp3) is 0. The van der Waals surface area contributed by atoms with E-state index in [1.165, 1.54) is 30.5 Å². The first kappa shape index (κ1) is 21.8.